The summed E-state index contributed by atoms with van der Waals surface area (Å²) < 4.78 is 5.89. The Balaban J connectivity index is 2.10. The average Bonchev–Trinajstić information content (AvgIpc) is 2.74. The summed E-state index contributed by atoms with van der Waals surface area (Å²) in [6.07, 6.45) is 0. The number of aromatic nitrogens is 1. The first kappa shape index (κ1) is 15.3. The molecule has 0 bridgehead atoms. The lowest BCUT2D eigenvalue weighted by atomic mass is 10.2. The van der Waals surface area contributed by atoms with Crippen molar-refractivity contribution in [3.05, 3.63) is 44.4 Å². The van der Waals surface area contributed by atoms with E-state index in [1.165, 1.54) is 4.88 Å². The molecule has 3 nitrogen and oxygen atoms in total. The third-order valence-electron chi connectivity index (χ3n) is 3.05. The minimum absolute atomic E-state index is 0.485. The van der Waals surface area contributed by atoms with Gasteiger partial charge in [0, 0.05) is 22.0 Å². The van der Waals surface area contributed by atoms with Crippen molar-refractivity contribution >= 4 is 22.9 Å². The van der Waals surface area contributed by atoms with Gasteiger partial charge in [-0.1, -0.05) is 24.6 Å². The molecule has 2 aromatic rings. The summed E-state index contributed by atoms with van der Waals surface area (Å²) in [5.41, 5.74) is 2.08. The first-order chi connectivity index (χ1) is 9.61. The first-order valence-electron chi connectivity index (χ1n) is 6.65. The summed E-state index contributed by atoms with van der Waals surface area (Å²) in [6.45, 7) is 8.26. The maximum absolute atomic E-state index is 6.24. The summed E-state index contributed by atoms with van der Waals surface area (Å²) in [5.74, 6) is 0.823. The van der Waals surface area contributed by atoms with Gasteiger partial charge in [-0.2, -0.15) is 0 Å². The number of hydrogen-bond acceptors (Lipinski definition) is 4. The lowest BCUT2D eigenvalue weighted by molar-refractivity contribution is 0.301. The van der Waals surface area contributed by atoms with Crippen molar-refractivity contribution in [2.45, 2.75) is 33.9 Å². The summed E-state index contributed by atoms with van der Waals surface area (Å²) in [4.78, 5) is 5.72. The van der Waals surface area contributed by atoms with Crippen molar-refractivity contribution in [2.24, 2.45) is 0 Å². The molecule has 0 aliphatic heterocycles. The Morgan fingerprint density at radius 3 is 2.80 bits per heavy atom. The molecule has 108 valence electrons. The van der Waals surface area contributed by atoms with E-state index in [1.807, 2.05) is 25.1 Å². The van der Waals surface area contributed by atoms with Crippen LogP contribution in [0.15, 0.2) is 18.2 Å². The minimum Gasteiger partial charge on any atom is -0.486 e. The van der Waals surface area contributed by atoms with E-state index in [1.54, 1.807) is 11.3 Å². The van der Waals surface area contributed by atoms with Crippen LogP contribution in [0, 0.1) is 13.8 Å². The number of rotatable bonds is 6. The van der Waals surface area contributed by atoms with Gasteiger partial charge in [-0.3, -0.25) is 0 Å². The van der Waals surface area contributed by atoms with Crippen LogP contribution in [-0.2, 0) is 13.2 Å². The molecule has 0 fully saturated rings. The highest BCUT2D eigenvalue weighted by molar-refractivity contribution is 7.11. The van der Waals surface area contributed by atoms with Crippen LogP contribution in [0.1, 0.15) is 28.1 Å². The van der Waals surface area contributed by atoms with Gasteiger partial charge in [0.25, 0.3) is 0 Å². The van der Waals surface area contributed by atoms with Gasteiger partial charge >= 0.3 is 0 Å². The van der Waals surface area contributed by atoms with Crippen LogP contribution in [0.3, 0.4) is 0 Å². The van der Waals surface area contributed by atoms with Crippen molar-refractivity contribution in [3.8, 4) is 5.75 Å². The number of hydrogen-bond donors (Lipinski definition) is 1. The Morgan fingerprint density at radius 2 is 2.15 bits per heavy atom. The van der Waals surface area contributed by atoms with Crippen LogP contribution in [0.4, 0.5) is 0 Å². The van der Waals surface area contributed by atoms with E-state index in [0.717, 1.165) is 33.6 Å². The zero-order valence-corrected chi connectivity index (χ0v) is 13.6. The molecule has 5 heteroatoms. The topological polar surface area (TPSA) is 34.1 Å². The van der Waals surface area contributed by atoms with E-state index < -0.39 is 0 Å². The highest BCUT2D eigenvalue weighted by Crippen LogP contribution is 2.27. The Morgan fingerprint density at radius 1 is 1.35 bits per heavy atom. The van der Waals surface area contributed by atoms with Gasteiger partial charge in [0.1, 0.15) is 17.4 Å². The second-order valence-corrected chi connectivity index (χ2v) is 6.23. The lowest BCUT2D eigenvalue weighted by Gasteiger charge is -2.12. The molecule has 1 N–H and O–H groups in total. The van der Waals surface area contributed by atoms with Crippen molar-refractivity contribution < 1.29 is 4.74 Å². The fourth-order valence-corrected chi connectivity index (χ4v) is 2.92. The fraction of sp³-hybridized carbons (Fsp3) is 0.400. The summed E-state index contributed by atoms with van der Waals surface area (Å²) >= 11 is 7.92. The number of ether oxygens (including phenoxy) is 1. The molecule has 0 saturated carbocycles. The Kier molecular flexibility index (Phi) is 5.40. The van der Waals surface area contributed by atoms with E-state index in [2.05, 4.69) is 24.1 Å². The largest absolute Gasteiger partial charge is 0.486 e. The van der Waals surface area contributed by atoms with Gasteiger partial charge in [-0.05, 0) is 32.5 Å². The molecule has 0 aliphatic carbocycles. The lowest BCUT2D eigenvalue weighted by Crippen LogP contribution is -2.13. The van der Waals surface area contributed by atoms with Gasteiger partial charge in [-0.15, -0.1) is 11.3 Å². The van der Waals surface area contributed by atoms with Crippen molar-refractivity contribution in [1.82, 2.24) is 10.3 Å². The standard InChI is InChI=1S/C15H19ClN2OS/c1-4-17-8-12-13(16)6-5-7-14(12)19-9-15-18-10(2)11(3)20-15/h5-7,17H,4,8-9H2,1-3H3. The monoisotopic (exact) mass is 310 g/mol. The number of aryl methyl sites for hydroxylation is 2. The molecule has 0 atom stereocenters. The van der Waals surface area contributed by atoms with Crippen LogP contribution >= 0.6 is 22.9 Å². The van der Waals surface area contributed by atoms with E-state index in [-0.39, 0.29) is 0 Å². The molecule has 1 aromatic carbocycles. The quantitative estimate of drug-likeness (QED) is 0.872. The van der Waals surface area contributed by atoms with Gasteiger partial charge in [0.05, 0.1) is 5.69 Å². The smallest absolute Gasteiger partial charge is 0.140 e. The molecule has 1 heterocycles. The number of thiazole rings is 1. The van der Waals surface area contributed by atoms with Crippen molar-refractivity contribution in [2.75, 3.05) is 6.54 Å². The third-order valence-corrected chi connectivity index (χ3v) is 4.45. The van der Waals surface area contributed by atoms with Crippen LogP contribution in [0.5, 0.6) is 5.75 Å². The van der Waals surface area contributed by atoms with E-state index in [4.69, 9.17) is 16.3 Å². The molecule has 1 aromatic heterocycles. The maximum atomic E-state index is 6.24. The second kappa shape index (κ2) is 7.07. The van der Waals surface area contributed by atoms with E-state index in [9.17, 15) is 0 Å². The first-order valence-corrected chi connectivity index (χ1v) is 7.85. The van der Waals surface area contributed by atoms with Crippen LogP contribution in [0.25, 0.3) is 0 Å². The van der Waals surface area contributed by atoms with Crippen molar-refractivity contribution in [3.63, 3.8) is 0 Å². The molecule has 0 saturated heterocycles. The third kappa shape index (κ3) is 3.72. The summed E-state index contributed by atoms with van der Waals surface area (Å²) in [6, 6.07) is 5.75. The van der Waals surface area contributed by atoms with E-state index >= 15 is 0 Å². The van der Waals surface area contributed by atoms with Gasteiger partial charge in [-0.25, -0.2) is 4.98 Å². The predicted octanol–water partition coefficient (Wildman–Crippen LogP) is 4.10. The Hall–Kier alpha value is -1.10. The average molecular weight is 311 g/mol. The number of nitrogens with one attached hydrogen (secondary N) is 1. The molecule has 20 heavy (non-hydrogen) atoms. The molecular weight excluding hydrogens is 292 g/mol. The Bertz CT molecular complexity index is 564. The van der Waals surface area contributed by atoms with Crippen molar-refractivity contribution in [1.29, 1.82) is 0 Å². The number of nitrogens with zero attached hydrogens (tertiary/aromatic N) is 1. The molecular formula is C15H19ClN2OS. The highest BCUT2D eigenvalue weighted by Gasteiger charge is 2.10. The van der Waals surface area contributed by atoms with Crippen LogP contribution < -0.4 is 10.1 Å². The van der Waals surface area contributed by atoms with Gasteiger partial charge in [0.15, 0.2) is 0 Å². The fourth-order valence-electron chi connectivity index (χ4n) is 1.84. The SMILES string of the molecule is CCNCc1c(Cl)cccc1OCc1nc(C)c(C)s1. The second-order valence-electron chi connectivity index (χ2n) is 4.53. The summed E-state index contributed by atoms with van der Waals surface area (Å²) in [5, 5.41) is 5.01. The van der Waals surface area contributed by atoms with E-state index in [0.29, 0.717) is 13.2 Å². The molecule has 0 unspecified atom stereocenters. The molecule has 0 radical (unpaired) electrons. The summed E-state index contributed by atoms with van der Waals surface area (Å²) in [7, 11) is 0. The number of benzene rings is 1. The minimum atomic E-state index is 0.485. The number of halogens is 1. The Labute approximate surface area is 129 Å². The highest BCUT2D eigenvalue weighted by atomic mass is 35.5. The molecule has 2 rings (SSSR count). The molecule has 0 spiro atoms. The van der Waals surface area contributed by atoms with Gasteiger partial charge < -0.3 is 10.1 Å². The van der Waals surface area contributed by atoms with Crippen LogP contribution in [0.2, 0.25) is 5.02 Å². The normalized spacial score (nSPS) is 10.8. The zero-order valence-electron chi connectivity index (χ0n) is 12.0. The maximum Gasteiger partial charge on any atom is 0.140 e. The predicted molar refractivity (Wildman–Crippen MR) is 84.8 cm³/mol. The zero-order chi connectivity index (χ0) is 14.5. The molecule has 0 amide bonds. The van der Waals surface area contributed by atoms with Crippen LogP contribution in [-0.4, -0.2) is 11.5 Å². The molecule has 0 aliphatic rings. The van der Waals surface area contributed by atoms with Gasteiger partial charge in [0.2, 0.25) is 0 Å².